The third kappa shape index (κ3) is 2.78. The molecular weight excluding hydrogens is 366 g/mol. The standard InChI is InChI=1S/C21H20F2N2O3/c1-27-16-11-10-15(18(22)19(16)23)25(12-6-5-7-12)20-17(21(26)28-2)13-8-3-4-9-14(13)24-20/h3-4,8-12,24H,5-7H2,1-2H3. The van der Waals surface area contributed by atoms with Crippen molar-refractivity contribution < 1.29 is 23.0 Å². The van der Waals surface area contributed by atoms with Gasteiger partial charge in [-0.15, -0.1) is 0 Å². The van der Waals surface area contributed by atoms with Crippen LogP contribution < -0.4 is 9.64 Å². The first kappa shape index (κ1) is 18.3. The normalized spacial score (nSPS) is 14.0. The van der Waals surface area contributed by atoms with Gasteiger partial charge in [-0.25, -0.2) is 9.18 Å². The number of rotatable bonds is 5. The van der Waals surface area contributed by atoms with Crippen LogP contribution in [0.4, 0.5) is 20.3 Å². The number of fused-ring (bicyclic) bond motifs is 1. The topological polar surface area (TPSA) is 54.6 Å². The Bertz CT molecular complexity index is 1040. The number of nitrogens with one attached hydrogen (secondary N) is 1. The van der Waals surface area contributed by atoms with E-state index in [4.69, 9.17) is 9.47 Å². The van der Waals surface area contributed by atoms with Crippen LogP contribution in [0.25, 0.3) is 10.9 Å². The maximum Gasteiger partial charge on any atom is 0.342 e. The van der Waals surface area contributed by atoms with Gasteiger partial charge in [-0.1, -0.05) is 18.2 Å². The fourth-order valence-corrected chi connectivity index (χ4v) is 3.63. The van der Waals surface area contributed by atoms with Gasteiger partial charge in [0.15, 0.2) is 11.6 Å². The molecule has 0 spiro atoms. The summed E-state index contributed by atoms with van der Waals surface area (Å²) in [4.78, 5) is 17.5. The lowest BCUT2D eigenvalue weighted by Gasteiger charge is -2.39. The van der Waals surface area contributed by atoms with E-state index in [1.54, 1.807) is 11.0 Å². The number of methoxy groups -OCH3 is 2. The van der Waals surface area contributed by atoms with Gasteiger partial charge >= 0.3 is 5.97 Å². The number of para-hydroxylation sites is 1. The monoisotopic (exact) mass is 386 g/mol. The lowest BCUT2D eigenvalue weighted by atomic mass is 9.90. The number of esters is 1. The predicted molar refractivity (Wildman–Crippen MR) is 102 cm³/mol. The summed E-state index contributed by atoms with van der Waals surface area (Å²) < 4.78 is 39.2. The van der Waals surface area contributed by atoms with Crippen LogP contribution in [0.1, 0.15) is 29.6 Å². The first-order chi connectivity index (χ1) is 13.6. The number of benzene rings is 2. The van der Waals surface area contributed by atoms with Gasteiger partial charge in [0.1, 0.15) is 11.4 Å². The zero-order valence-electron chi connectivity index (χ0n) is 15.6. The van der Waals surface area contributed by atoms with Crippen LogP contribution in [0, 0.1) is 11.6 Å². The highest BCUT2D eigenvalue weighted by Gasteiger charge is 2.34. The van der Waals surface area contributed by atoms with Crippen LogP contribution in [0.5, 0.6) is 5.75 Å². The van der Waals surface area contributed by atoms with Crippen LogP contribution in [0.2, 0.25) is 0 Å². The van der Waals surface area contributed by atoms with E-state index in [1.165, 1.54) is 26.4 Å². The smallest absolute Gasteiger partial charge is 0.342 e. The Morgan fingerprint density at radius 2 is 1.86 bits per heavy atom. The Morgan fingerprint density at radius 1 is 1.11 bits per heavy atom. The minimum absolute atomic E-state index is 0.0553. The van der Waals surface area contributed by atoms with Crippen molar-refractivity contribution in [1.29, 1.82) is 0 Å². The van der Waals surface area contributed by atoms with Crippen molar-refractivity contribution in [2.24, 2.45) is 0 Å². The van der Waals surface area contributed by atoms with Gasteiger partial charge in [0.25, 0.3) is 0 Å². The van der Waals surface area contributed by atoms with E-state index in [0.29, 0.717) is 16.8 Å². The minimum Gasteiger partial charge on any atom is -0.494 e. The van der Waals surface area contributed by atoms with Gasteiger partial charge in [-0.3, -0.25) is 0 Å². The molecule has 0 atom stereocenters. The van der Waals surface area contributed by atoms with Crippen LogP contribution in [0.3, 0.4) is 0 Å². The van der Waals surface area contributed by atoms with E-state index in [1.807, 2.05) is 18.2 Å². The molecule has 4 rings (SSSR count). The van der Waals surface area contributed by atoms with E-state index in [0.717, 1.165) is 24.8 Å². The van der Waals surface area contributed by atoms with Gasteiger partial charge < -0.3 is 19.4 Å². The molecule has 7 heteroatoms. The van der Waals surface area contributed by atoms with Crippen molar-refractivity contribution in [2.75, 3.05) is 19.1 Å². The van der Waals surface area contributed by atoms with Crippen molar-refractivity contribution in [3.05, 3.63) is 53.6 Å². The molecule has 1 aliphatic rings. The van der Waals surface area contributed by atoms with Gasteiger partial charge in [0.05, 0.1) is 19.9 Å². The number of anilines is 2. The molecule has 0 saturated heterocycles. The largest absolute Gasteiger partial charge is 0.494 e. The number of ether oxygens (including phenoxy) is 2. The van der Waals surface area contributed by atoms with E-state index < -0.39 is 17.6 Å². The number of halogens is 2. The number of hydrogen-bond donors (Lipinski definition) is 1. The molecule has 0 unspecified atom stereocenters. The molecule has 0 aliphatic heterocycles. The molecule has 1 aromatic heterocycles. The molecule has 0 amide bonds. The van der Waals surface area contributed by atoms with Gasteiger partial charge in [0, 0.05) is 16.9 Å². The molecule has 1 N–H and O–H groups in total. The molecule has 1 heterocycles. The lowest BCUT2D eigenvalue weighted by Crippen LogP contribution is -2.38. The Hall–Kier alpha value is -3.09. The van der Waals surface area contributed by atoms with Gasteiger partial charge in [0.2, 0.25) is 5.82 Å². The molecule has 0 radical (unpaired) electrons. The molecule has 3 aromatic rings. The molecule has 5 nitrogen and oxygen atoms in total. The lowest BCUT2D eigenvalue weighted by molar-refractivity contribution is 0.0603. The summed E-state index contributed by atoms with van der Waals surface area (Å²) in [5, 5.41) is 0.670. The van der Waals surface area contributed by atoms with Crippen molar-refractivity contribution >= 4 is 28.4 Å². The number of aromatic nitrogens is 1. The number of hydrogen-bond acceptors (Lipinski definition) is 4. The van der Waals surface area contributed by atoms with Crippen LogP contribution in [-0.4, -0.2) is 31.2 Å². The quantitative estimate of drug-likeness (QED) is 0.632. The summed E-state index contributed by atoms with van der Waals surface area (Å²) in [5.41, 5.74) is 1.08. The third-order valence-corrected chi connectivity index (χ3v) is 5.26. The Kier molecular flexibility index (Phi) is 4.66. The molecular formula is C21H20F2N2O3. The molecule has 0 bridgehead atoms. The van der Waals surface area contributed by atoms with Crippen molar-refractivity contribution in [3.63, 3.8) is 0 Å². The number of carbonyl (C=O) groups excluding carboxylic acids is 1. The highest BCUT2D eigenvalue weighted by molar-refractivity contribution is 6.10. The Morgan fingerprint density at radius 3 is 2.50 bits per heavy atom. The first-order valence-electron chi connectivity index (χ1n) is 9.07. The first-order valence-corrected chi connectivity index (χ1v) is 9.07. The Balaban J connectivity index is 1.96. The summed E-state index contributed by atoms with van der Waals surface area (Å²) >= 11 is 0. The average Bonchev–Trinajstić information content (AvgIpc) is 3.05. The molecule has 2 aromatic carbocycles. The summed E-state index contributed by atoms with van der Waals surface area (Å²) in [6.07, 6.45) is 2.60. The van der Waals surface area contributed by atoms with Crippen molar-refractivity contribution in [2.45, 2.75) is 25.3 Å². The van der Waals surface area contributed by atoms with Crippen molar-refractivity contribution in [3.8, 4) is 5.75 Å². The van der Waals surface area contributed by atoms with E-state index in [2.05, 4.69) is 4.98 Å². The fourth-order valence-electron chi connectivity index (χ4n) is 3.63. The SMILES string of the molecule is COC(=O)c1c(N(c2ccc(OC)c(F)c2F)C2CCC2)[nH]c2ccccc12. The highest BCUT2D eigenvalue weighted by Crippen LogP contribution is 2.42. The summed E-state index contributed by atoms with van der Waals surface area (Å²) in [5.74, 6) is -2.37. The highest BCUT2D eigenvalue weighted by atomic mass is 19.2. The van der Waals surface area contributed by atoms with Crippen LogP contribution in [-0.2, 0) is 4.74 Å². The van der Waals surface area contributed by atoms with E-state index >= 15 is 0 Å². The summed E-state index contributed by atoms with van der Waals surface area (Å²) in [7, 11) is 2.59. The van der Waals surface area contributed by atoms with Gasteiger partial charge in [-0.2, -0.15) is 4.39 Å². The summed E-state index contributed by atoms with van der Waals surface area (Å²) in [6.45, 7) is 0. The number of nitrogens with zero attached hydrogens (tertiary/aromatic N) is 1. The van der Waals surface area contributed by atoms with Crippen LogP contribution in [0.15, 0.2) is 36.4 Å². The molecule has 146 valence electrons. The zero-order valence-corrected chi connectivity index (χ0v) is 15.6. The second-order valence-corrected chi connectivity index (χ2v) is 6.76. The summed E-state index contributed by atoms with van der Waals surface area (Å²) in [6, 6.07) is 10.1. The second-order valence-electron chi connectivity index (χ2n) is 6.76. The predicted octanol–water partition coefficient (Wildman–Crippen LogP) is 4.93. The fraction of sp³-hybridized carbons (Fsp3) is 0.286. The third-order valence-electron chi connectivity index (χ3n) is 5.26. The zero-order chi connectivity index (χ0) is 19.8. The average molecular weight is 386 g/mol. The minimum atomic E-state index is -1.06. The van der Waals surface area contributed by atoms with E-state index in [-0.39, 0.29) is 17.5 Å². The molecule has 1 saturated carbocycles. The van der Waals surface area contributed by atoms with Crippen LogP contribution >= 0.6 is 0 Å². The molecule has 1 aliphatic carbocycles. The molecule has 28 heavy (non-hydrogen) atoms. The molecule has 1 fully saturated rings. The number of aromatic amines is 1. The van der Waals surface area contributed by atoms with Gasteiger partial charge in [-0.05, 0) is 37.5 Å². The number of carbonyl (C=O) groups is 1. The van der Waals surface area contributed by atoms with Crippen molar-refractivity contribution in [1.82, 2.24) is 4.98 Å². The number of H-pyrrole nitrogens is 1. The van der Waals surface area contributed by atoms with E-state index in [9.17, 15) is 13.6 Å². The maximum absolute atomic E-state index is 14.9. The second kappa shape index (κ2) is 7.14. The maximum atomic E-state index is 14.9. The Labute approximate surface area is 160 Å².